The fourth-order valence-electron chi connectivity index (χ4n) is 2.05. The van der Waals surface area contributed by atoms with Crippen molar-refractivity contribution in [3.63, 3.8) is 0 Å². The number of benzene rings is 2. The van der Waals surface area contributed by atoms with Gasteiger partial charge >= 0.3 is 0 Å². The van der Waals surface area contributed by atoms with E-state index in [1.165, 1.54) is 11.1 Å². The number of nitrogens with two attached hydrogens (primary N) is 1. The van der Waals surface area contributed by atoms with E-state index in [0.29, 0.717) is 0 Å². The van der Waals surface area contributed by atoms with Crippen molar-refractivity contribution >= 4 is 23.4 Å². The topological polar surface area (TPSA) is 26.0 Å². The van der Waals surface area contributed by atoms with Crippen molar-refractivity contribution in [2.45, 2.75) is 30.0 Å². The van der Waals surface area contributed by atoms with Gasteiger partial charge in [-0.25, -0.2) is 0 Å². The van der Waals surface area contributed by atoms with Crippen LogP contribution in [0.2, 0.25) is 5.02 Å². The lowest BCUT2D eigenvalue weighted by molar-refractivity contribution is 0.718. The first-order chi connectivity index (χ1) is 9.08. The molecule has 0 saturated heterocycles. The van der Waals surface area contributed by atoms with Crippen LogP contribution in [0.3, 0.4) is 0 Å². The van der Waals surface area contributed by atoms with Gasteiger partial charge in [-0.3, -0.25) is 0 Å². The molecule has 2 aromatic carbocycles. The third-order valence-corrected chi connectivity index (χ3v) is 4.73. The molecule has 0 heterocycles. The molecule has 1 nitrogen and oxygen atoms in total. The Morgan fingerprint density at radius 2 is 1.84 bits per heavy atom. The van der Waals surface area contributed by atoms with Crippen molar-refractivity contribution in [3.8, 4) is 0 Å². The van der Waals surface area contributed by atoms with E-state index >= 15 is 0 Å². The van der Waals surface area contributed by atoms with Crippen LogP contribution in [-0.2, 0) is 0 Å². The second-order valence-corrected chi connectivity index (χ2v) is 6.36. The molecule has 2 aromatic rings. The summed E-state index contributed by atoms with van der Waals surface area (Å²) in [7, 11) is 0. The van der Waals surface area contributed by atoms with Gasteiger partial charge in [-0.15, -0.1) is 11.8 Å². The van der Waals surface area contributed by atoms with Crippen molar-refractivity contribution in [1.82, 2.24) is 0 Å². The highest BCUT2D eigenvalue weighted by Gasteiger charge is 2.19. The third kappa shape index (κ3) is 3.75. The van der Waals surface area contributed by atoms with Crippen LogP contribution in [-0.4, -0.2) is 6.04 Å². The molecule has 3 heteroatoms. The quantitative estimate of drug-likeness (QED) is 0.817. The zero-order valence-electron chi connectivity index (χ0n) is 11.1. The molecule has 2 unspecified atom stereocenters. The van der Waals surface area contributed by atoms with Crippen molar-refractivity contribution in [2.75, 3.05) is 0 Å². The largest absolute Gasteiger partial charge is 0.327 e. The standard InChI is InChI=1S/C16H18ClNS/c1-11-6-3-4-9-15(11)16(12(2)18)19-14-8-5-7-13(17)10-14/h3-10,12,16H,18H2,1-2H3. The van der Waals surface area contributed by atoms with Crippen LogP contribution < -0.4 is 5.73 Å². The van der Waals surface area contributed by atoms with Crippen LogP contribution in [0.1, 0.15) is 23.3 Å². The van der Waals surface area contributed by atoms with E-state index in [0.717, 1.165) is 9.92 Å². The lowest BCUT2D eigenvalue weighted by Crippen LogP contribution is -2.23. The normalized spacial score (nSPS) is 14.1. The first-order valence-corrected chi connectivity index (χ1v) is 7.57. The molecular formula is C16H18ClNS. The Morgan fingerprint density at radius 1 is 1.11 bits per heavy atom. The fourth-order valence-corrected chi connectivity index (χ4v) is 3.55. The van der Waals surface area contributed by atoms with Crippen molar-refractivity contribution < 1.29 is 0 Å². The minimum atomic E-state index is 0.0741. The summed E-state index contributed by atoms with van der Waals surface area (Å²) in [5, 5.41) is 0.998. The summed E-state index contributed by atoms with van der Waals surface area (Å²) in [6.07, 6.45) is 0. The molecule has 0 aliphatic rings. The summed E-state index contributed by atoms with van der Waals surface area (Å²) in [6.45, 7) is 4.18. The first-order valence-electron chi connectivity index (χ1n) is 6.31. The molecule has 0 aliphatic heterocycles. The molecule has 0 bridgehead atoms. The van der Waals surface area contributed by atoms with Crippen LogP contribution in [0.15, 0.2) is 53.4 Å². The molecule has 2 N–H and O–H groups in total. The van der Waals surface area contributed by atoms with Gasteiger partial charge < -0.3 is 5.73 Å². The zero-order chi connectivity index (χ0) is 13.8. The van der Waals surface area contributed by atoms with Gasteiger partial charge in [-0.2, -0.15) is 0 Å². The second kappa shape index (κ2) is 6.47. The Bertz CT molecular complexity index is 554. The van der Waals surface area contributed by atoms with Crippen LogP contribution in [0.25, 0.3) is 0 Å². The second-order valence-electron chi connectivity index (χ2n) is 4.71. The predicted molar refractivity (Wildman–Crippen MR) is 84.9 cm³/mol. The van der Waals surface area contributed by atoms with Crippen molar-refractivity contribution in [3.05, 3.63) is 64.7 Å². The zero-order valence-corrected chi connectivity index (χ0v) is 12.7. The maximum Gasteiger partial charge on any atom is 0.0495 e. The Balaban J connectivity index is 2.29. The molecule has 2 rings (SSSR count). The summed E-state index contributed by atoms with van der Waals surface area (Å²) in [5.74, 6) is 0. The number of hydrogen-bond donors (Lipinski definition) is 1. The van der Waals surface area contributed by atoms with E-state index < -0.39 is 0 Å². The van der Waals surface area contributed by atoms with Crippen molar-refractivity contribution in [1.29, 1.82) is 0 Å². The summed E-state index contributed by atoms with van der Waals surface area (Å²) >= 11 is 7.81. The average Bonchev–Trinajstić information content (AvgIpc) is 2.37. The van der Waals surface area contributed by atoms with Gasteiger partial charge in [0.1, 0.15) is 0 Å². The lowest BCUT2D eigenvalue weighted by atomic mass is 10.0. The Morgan fingerprint density at radius 3 is 2.47 bits per heavy atom. The molecule has 0 fully saturated rings. The Kier molecular flexibility index (Phi) is 4.92. The number of rotatable bonds is 4. The number of hydrogen-bond acceptors (Lipinski definition) is 2. The van der Waals surface area contributed by atoms with Crippen LogP contribution >= 0.6 is 23.4 Å². The van der Waals surface area contributed by atoms with Gasteiger partial charge in [-0.05, 0) is 43.2 Å². The minimum absolute atomic E-state index is 0.0741. The minimum Gasteiger partial charge on any atom is -0.327 e. The Hall–Kier alpha value is -0.960. The molecule has 0 spiro atoms. The van der Waals surface area contributed by atoms with Crippen LogP contribution in [0.4, 0.5) is 0 Å². The number of aryl methyl sites for hydroxylation is 1. The first kappa shape index (κ1) is 14.4. The monoisotopic (exact) mass is 291 g/mol. The molecule has 0 aromatic heterocycles. The smallest absolute Gasteiger partial charge is 0.0495 e. The van der Waals surface area contributed by atoms with Gasteiger partial charge in [0.05, 0.1) is 0 Å². The van der Waals surface area contributed by atoms with Gasteiger partial charge in [0.25, 0.3) is 0 Å². The van der Waals surface area contributed by atoms with Gasteiger partial charge in [0.2, 0.25) is 0 Å². The molecule has 100 valence electrons. The fraction of sp³-hybridized carbons (Fsp3) is 0.250. The summed E-state index contributed by atoms with van der Waals surface area (Å²) in [4.78, 5) is 1.15. The van der Waals surface area contributed by atoms with Crippen LogP contribution in [0, 0.1) is 6.92 Å². The number of halogens is 1. The highest BCUT2D eigenvalue weighted by molar-refractivity contribution is 7.99. The van der Waals surface area contributed by atoms with Crippen LogP contribution in [0.5, 0.6) is 0 Å². The molecule has 0 radical (unpaired) electrons. The number of thioether (sulfide) groups is 1. The van der Waals surface area contributed by atoms with Crippen molar-refractivity contribution in [2.24, 2.45) is 5.73 Å². The third-order valence-electron chi connectivity index (χ3n) is 3.03. The highest BCUT2D eigenvalue weighted by atomic mass is 35.5. The SMILES string of the molecule is Cc1ccccc1C(Sc1cccc(Cl)c1)C(C)N. The summed E-state index contributed by atoms with van der Waals surface area (Å²) < 4.78 is 0. The van der Waals surface area contributed by atoms with Gasteiger partial charge in [-0.1, -0.05) is 41.9 Å². The van der Waals surface area contributed by atoms with E-state index in [-0.39, 0.29) is 11.3 Å². The van der Waals surface area contributed by atoms with Gasteiger partial charge in [0, 0.05) is 21.2 Å². The highest BCUT2D eigenvalue weighted by Crippen LogP contribution is 2.39. The average molecular weight is 292 g/mol. The maximum atomic E-state index is 6.17. The van der Waals surface area contributed by atoms with E-state index in [9.17, 15) is 0 Å². The summed E-state index contributed by atoms with van der Waals surface area (Å²) in [6, 6.07) is 16.4. The van der Waals surface area contributed by atoms with E-state index in [2.05, 4.69) is 44.2 Å². The van der Waals surface area contributed by atoms with E-state index in [4.69, 9.17) is 17.3 Å². The summed E-state index contributed by atoms with van der Waals surface area (Å²) in [5.41, 5.74) is 8.74. The maximum absolute atomic E-state index is 6.17. The van der Waals surface area contributed by atoms with Gasteiger partial charge in [0.15, 0.2) is 0 Å². The molecule has 19 heavy (non-hydrogen) atoms. The van der Waals surface area contributed by atoms with E-state index in [1.807, 2.05) is 18.2 Å². The molecule has 2 atom stereocenters. The van der Waals surface area contributed by atoms with E-state index in [1.54, 1.807) is 11.8 Å². The Labute approximate surface area is 124 Å². The molecule has 0 saturated carbocycles. The molecular weight excluding hydrogens is 274 g/mol. The lowest BCUT2D eigenvalue weighted by Gasteiger charge is -2.22. The predicted octanol–water partition coefficient (Wildman–Crippen LogP) is 4.83. The molecule has 0 aliphatic carbocycles. The molecule has 0 amide bonds.